The number of nitrogens with zero attached hydrogens (tertiary/aromatic N) is 2. The van der Waals surface area contributed by atoms with E-state index in [1.807, 2.05) is 0 Å². The van der Waals surface area contributed by atoms with E-state index in [0.29, 0.717) is 11.1 Å². The number of aliphatic hydroxyl groups is 1. The van der Waals surface area contributed by atoms with Gasteiger partial charge < -0.3 is 10.4 Å². The van der Waals surface area contributed by atoms with Crippen molar-refractivity contribution in [2.45, 2.75) is 0 Å². The molecule has 0 spiro atoms. The van der Waals surface area contributed by atoms with Gasteiger partial charge in [0.1, 0.15) is 18.2 Å². The summed E-state index contributed by atoms with van der Waals surface area (Å²) in [6.07, 6.45) is 3.87. The van der Waals surface area contributed by atoms with Crippen LogP contribution < -0.4 is 5.32 Å². The van der Waals surface area contributed by atoms with Crippen molar-refractivity contribution >= 4 is 11.7 Å². The topological polar surface area (TPSA) is 75.1 Å². The first-order chi connectivity index (χ1) is 9.69. The zero-order valence-corrected chi connectivity index (χ0v) is 10.3. The molecule has 0 radical (unpaired) electrons. The van der Waals surface area contributed by atoms with Crippen LogP contribution in [0.5, 0.6) is 0 Å². The monoisotopic (exact) mass is 271 g/mol. The van der Waals surface area contributed by atoms with Gasteiger partial charge in [-0.05, 0) is 18.2 Å². The number of hydrogen-bond donors (Lipinski definition) is 2. The second-order valence-corrected chi connectivity index (χ2v) is 3.74. The van der Waals surface area contributed by atoms with Crippen molar-refractivity contribution < 1.29 is 14.3 Å². The van der Waals surface area contributed by atoms with Gasteiger partial charge in [0.2, 0.25) is 0 Å². The number of carbonyl (C=O) groups is 1. The lowest BCUT2D eigenvalue weighted by Crippen LogP contribution is -2.13. The summed E-state index contributed by atoms with van der Waals surface area (Å²) in [7, 11) is 0. The first-order valence-corrected chi connectivity index (χ1v) is 5.67. The first kappa shape index (κ1) is 13.6. The summed E-state index contributed by atoms with van der Waals surface area (Å²) < 4.78 is 12.7. The van der Waals surface area contributed by atoms with Gasteiger partial charge in [0.05, 0.1) is 11.8 Å². The Kier molecular flexibility index (Phi) is 4.37. The molecule has 100 valence electrons. The predicted molar refractivity (Wildman–Crippen MR) is 70.3 cm³/mol. The molecule has 2 aromatic heterocycles. The molecule has 0 atom stereocenters. The van der Waals surface area contributed by atoms with Crippen molar-refractivity contribution in [2.75, 3.05) is 11.9 Å². The van der Waals surface area contributed by atoms with Crippen molar-refractivity contribution in [3.8, 4) is 11.8 Å². The van der Waals surface area contributed by atoms with Crippen LogP contribution >= 0.6 is 0 Å². The molecule has 2 rings (SSSR count). The normalized spacial score (nSPS) is 9.50. The molecule has 2 heterocycles. The summed E-state index contributed by atoms with van der Waals surface area (Å²) in [5.74, 6) is 4.45. The van der Waals surface area contributed by atoms with Crippen molar-refractivity contribution in [2.24, 2.45) is 0 Å². The van der Waals surface area contributed by atoms with Gasteiger partial charge in [-0.25, -0.2) is 9.37 Å². The van der Waals surface area contributed by atoms with Gasteiger partial charge in [-0.15, -0.1) is 0 Å². The van der Waals surface area contributed by atoms with Crippen molar-refractivity contribution in [1.82, 2.24) is 9.97 Å². The third-order valence-corrected chi connectivity index (χ3v) is 2.28. The van der Waals surface area contributed by atoms with E-state index in [-0.39, 0.29) is 12.4 Å². The van der Waals surface area contributed by atoms with Crippen LogP contribution in [0.2, 0.25) is 0 Å². The number of nitrogens with one attached hydrogen (secondary N) is 1. The molecule has 0 unspecified atom stereocenters. The van der Waals surface area contributed by atoms with Crippen LogP contribution in [0.1, 0.15) is 15.9 Å². The number of rotatable bonds is 2. The molecule has 1 amide bonds. The lowest BCUT2D eigenvalue weighted by atomic mass is 10.2. The van der Waals surface area contributed by atoms with Crippen LogP contribution in [0.3, 0.4) is 0 Å². The molecule has 0 saturated heterocycles. The molecule has 2 N–H and O–H groups in total. The number of halogens is 1. The maximum Gasteiger partial charge on any atom is 0.258 e. The van der Waals surface area contributed by atoms with Crippen LogP contribution in [0.15, 0.2) is 36.8 Å². The summed E-state index contributed by atoms with van der Waals surface area (Å²) in [6, 6.07) is 4.09. The van der Waals surface area contributed by atoms with Gasteiger partial charge in [-0.3, -0.25) is 9.78 Å². The number of pyridine rings is 2. The van der Waals surface area contributed by atoms with Crippen molar-refractivity contribution in [1.29, 1.82) is 0 Å². The summed E-state index contributed by atoms with van der Waals surface area (Å²) in [5, 5.41) is 11.1. The maximum absolute atomic E-state index is 12.7. The van der Waals surface area contributed by atoms with Gasteiger partial charge in [-0.1, -0.05) is 11.8 Å². The van der Waals surface area contributed by atoms with E-state index in [0.717, 1.165) is 6.20 Å². The highest BCUT2D eigenvalue weighted by molar-refractivity contribution is 6.03. The van der Waals surface area contributed by atoms with Crippen LogP contribution in [0, 0.1) is 17.7 Å². The fourth-order valence-electron chi connectivity index (χ4n) is 1.41. The standard InChI is InChI=1S/C14H10FN3O2/c15-12-3-4-13(17-9-12)18-14(20)11-6-10(2-1-5-19)7-16-8-11/h3-4,6-9,19H,5H2,(H,17,18,20). The summed E-state index contributed by atoms with van der Waals surface area (Å²) in [6.45, 7) is -0.268. The number of amides is 1. The maximum atomic E-state index is 12.7. The minimum absolute atomic E-state index is 0.239. The van der Waals surface area contributed by atoms with E-state index in [9.17, 15) is 9.18 Å². The lowest BCUT2D eigenvalue weighted by molar-refractivity contribution is 0.102. The molecule has 6 heteroatoms. The van der Waals surface area contributed by atoms with E-state index in [1.165, 1.54) is 30.6 Å². The number of aliphatic hydroxyl groups excluding tert-OH is 1. The highest BCUT2D eigenvalue weighted by Gasteiger charge is 2.07. The molecule has 0 aliphatic rings. The molecule has 0 aliphatic heterocycles. The Labute approximate surface area is 114 Å². The van der Waals surface area contributed by atoms with E-state index in [4.69, 9.17) is 5.11 Å². The fraction of sp³-hybridized carbons (Fsp3) is 0.0714. The SMILES string of the molecule is O=C(Nc1ccc(F)cn1)c1cncc(C#CCO)c1. The van der Waals surface area contributed by atoms with Gasteiger partial charge in [0, 0.05) is 18.0 Å². The third kappa shape index (κ3) is 3.60. The zero-order chi connectivity index (χ0) is 14.4. The highest BCUT2D eigenvalue weighted by Crippen LogP contribution is 2.07. The van der Waals surface area contributed by atoms with Crippen LogP contribution in [-0.2, 0) is 0 Å². The second kappa shape index (κ2) is 6.41. The zero-order valence-electron chi connectivity index (χ0n) is 10.3. The van der Waals surface area contributed by atoms with E-state index in [1.54, 1.807) is 0 Å². The summed E-state index contributed by atoms with van der Waals surface area (Å²) >= 11 is 0. The minimum Gasteiger partial charge on any atom is -0.384 e. The number of hydrogen-bond acceptors (Lipinski definition) is 4. The molecule has 0 aromatic carbocycles. The van der Waals surface area contributed by atoms with Gasteiger partial charge >= 0.3 is 0 Å². The Bertz CT molecular complexity index is 675. The van der Waals surface area contributed by atoms with E-state index < -0.39 is 11.7 Å². The number of anilines is 1. The molecule has 0 bridgehead atoms. The predicted octanol–water partition coefficient (Wildman–Crippen LogP) is 1.21. The molecular weight excluding hydrogens is 261 g/mol. The molecule has 2 aromatic rings. The first-order valence-electron chi connectivity index (χ1n) is 5.67. The molecule has 0 fully saturated rings. The molecule has 0 aliphatic carbocycles. The Hall–Kier alpha value is -2.78. The van der Waals surface area contributed by atoms with Crippen LogP contribution in [0.25, 0.3) is 0 Å². The Morgan fingerprint density at radius 3 is 2.90 bits per heavy atom. The second-order valence-electron chi connectivity index (χ2n) is 3.74. The lowest BCUT2D eigenvalue weighted by Gasteiger charge is -2.04. The van der Waals surface area contributed by atoms with Crippen LogP contribution in [0.4, 0.5) is 10.2 Å². The largest absolute Gasteiger partial charge is 0.384 e. The molecule has 20 heavy (non-hydrogen) atoms. The van der Waals surface area contributed by atoms with Crippen molar-refractivity contribution in [3.63, 3.8) is 0 Å². The summed E-state index contributed by atoms with van der Waals surface area (Å²) in [4.78, 5) is 19.6. The van der Waals surface area contributed by atoms with Crippen molar-refractivity contribution in [3.05, 3.63) is 53.7 Å². The molecule has 0 saturated carbocycles. The van der Waals surface area contributed by atoms with Gasteiger partial charge in [0.15, 0.2) is 0 Å². The molecular formula is C14H10FN3O2. The average Bonchev–Trinajstić information content (AvgIpc) is 2.48. The Morgan fingerprint density at radius 2 is 2.20 bits per heavy atom. The quantitative estimate of drug-likeness (QED) is 0.805. The van der Waals surface area contributed by atoms with E-state index in [2.05, 4.69) is 27.1 Å². The van der Waals surface area contributed by atoms with Crippen LogP contribution in [-0.4, -0.2) is 27.6 Å². The van der Waals surface area contributed by atoms with E-state index >= 15 is 0 Å². The highest BCUT2D eigenvalue weighted by atomic mass is 19.1. The Balaban J connectivity index is 2.14. The molecule has 5 nitrogen and oxygen atoms in total. The van der Waals surface area contributed by atoms with Gasteiger partial charge in [-0.2, -0.15) is 0 Å². The number of carbonyl (C=O) groups excluding carboxylic acids is 1. The smallest absolute Gasteiger partial charge is 0.258 e. The third-order valence-electron chi connectivity index (χ3n) is 2.28. The summed E-state index contributed by atoms with van der Waals surface area (Å²) in [5.41, 5.74) is 0.805. The average molecular weight is 271 g/mol. The Morgan fingerprint density at radius 1 is 1.35 bits per heavy atom. The minimum atomic E-state index is -0.481. The fourth-order valence-corrected chi connectivity index (χ4v) is 1.41. The van der Waals surface area contributed by atoms with Gasteiger partial charge in [0.25, 0.3) is 5.91 Å². The number of aromatic nitrogens is 2.